The number of hydrogen-bond acceptors (Lipinski definition) is 6. The number of alkyl halides is 6. The zero-order valence-corrected chi connectivity index (χ0v) is 20.7. The molecule has 1 saturated carbocycles. The SMILES string of the molecule is CCCC1C[C@@H](NC2CCOCC2n2cnnn2)C[C@H]1C(=O)NCc1cc(C(F)(F)F)cc(C(F)(F)F)c1. The fourth-order valence-electron chi connectivity index (χ4n) is 5.51. The minimum absolute atomic E-state index is 0.00905. The van der Waals surface area contributed by atoms with E-state index in [4.69, 9.17) is 4.74 Å². The van der Waals surface area contributed by atoms with Gasteiger partial charge in [-0.1, -0.05) is 13.3 Å². The van der Waals surface area contributed by atoms with Crippen LogP contribution in [0.2, 0.25) is 0 Å². The second-order valence-corrected chi connectivity index (χ2v) is 9.95. The number of nitrogens with zero attached hydrogens (tertiary/aromatic N) is 4. The molecule has 2 fully saturated rings. The van der Waals surface area contributed by atoms with E-state index in [2.05, 4.69) is 26.2 Å². The molecule has 38 heavy (non-hydrogen) atoms. The van der Waals surface area contributed by atoms with Gasteiger partial charge in [0.05, 0.1) is 23.8 Å². The summed E-state index contributed by atoms with van der Waals surface area (Å²) in [7, 11) is 0. The van der Waals surface area contributed by atoms with Crippen molar-refractivity contribution in [2.24, 2.45) is 11.8 Å². The number of ether oxygens (including phenoxy) is 1. The lowest BCUT2D eigenvalue weighted by atomic mass is 9.91. The van der Waals surface area contributed by atoms with Crippen LogP contribution in [0.4, 0.5) is 26.3 Å². The van der Waals surface area contributed by atoms with Gasteiger partial charge in [-0.05, 0) is 65.8 Å². The lowest BCUT2D eigenvalue weighted by molar-refractivity contribution is -0.143. The Labute approximate surface area is 215 Å². The van der Waals surface area contributed by atoms with E-state index >= 15 is 0 Å². The smallest absolute Gasteiger partial charge is 0.379 e. The van der Waals surface area contributed by atoms with Crippen LogP contribution >= 0.6 is 0 Å². The highest BCUT2D eigenvalue weighted by Crippen LogP contribution is 2.38. The predicted octanol–water partition coefficient (Wildman–Crippen LogP) is 4.14. The van der Waals surface area contributed by atoms with Gasteiger partial charge in [-0.25, -0.2) is 4.68 Å². The van der Waals surface area contributed by atoms with Gasteiger partial charge < -0.3 is 15.4 Å². The molecule has 5 atom stereocenters. The van der Waals surface area contributed by atoms with E-state index in [1.807, 2.05) is 6.92 Å². The van der Waals surface area contributed by atoms with Gasteiger partial charge in [0.2, 0.25) is 5.91 Å². The molecule has 8 nitrogen and oxygen atoms in total. The molecule has 3 unspecified atom stereocenters. The number of tetrazole rings is 1. The second kappa shape index (κ2) is 11.6. The molecule has 14 heteroatoms. The monoisotopic (exact) mass is 548 g/mol. The van der Waals surface area contributed by atoms with Crippen molar-refractivity contribution in [1.82, 2.24) is 30.8 Å². The molecule has 1 aromatic heterocycles. The molecule has 2 aromatic rings. The van der Waals surface area contributed by atoms with Crippen LogP contribution in [0.15, 0.2) is 24.5 Å². The van der Waals surface area contributed by atoms with Crippen LogP contribution in [0.25, 0.3) is 0 Å². The summed E-state index contributed by atoms with van der Waals surface area (Å²) in [6.45, 7) is 2.58. The molecule has 0 radical (unpaired) electrons. The minimum Gasteiger partial charge on any atom is -0.379 e. The number of rotatable bonds is 8. The summed E-state index contributed by atoms with van der Waals surface area (Å²) in [5.74, 6) is -0.745. The molecule has 0 spiro atoms. The van der Waals surface area contributed by atoms with Crippen molar-refractivity contribution in [3.8, 4) is 0 Å². The first-order valence-corrected chi connectivity index (χ1v) is 12.6. The van der Waals surface area contributed by atoms with Crippen molar-refractivity contribution in [3.05, 3.63) is 41.2 Å². The Kier molecular flexibility index (Phi) is 8.60. The highest BCUT2D eigenvalue weighted by atomic mass is 19.4. The molecule has 4 rings (SSSR count). The van der Waals surface area contributed by atoms with Crippen LogP contribution in [0.3, 0.4) is 0 Å². The third-order valence-electron chi connectivity index (χ3n) is 7.29. The van der Waals surface area contributed by atoms with Gasteiger partial charge in [-0.2, -0.15) is 26.3 Å². The topological polar surface area (TPSA) is 94.0 Å². The summed E-state index contributed by atoms with van der Waals surface area (Å²) in [4.78, 5) is 13.1. The molecule has 2 N–H and O–H groups in total. The van der Waals surface area contributed by atoms with Crippen molar-refractivity contribution in [1.29, 1.82) is 0 Å². The summed E-state index contributed by atoms with van der Waals surface area (Å²) < 4.78 is 86.4. The first-order valence-electron chi connectivity index (χ1n) is 12.6. The molecule has 2 heterocycles. The van der Waals surface area contributed by atoms with Crippen LogP contribution in [-0.4, -0.2) is 51.4 Å². The number of carbonyl (C=O) groups is 1. The van der Waals surface area contributed by atoms with Crippen LogP contribution < -0.4 is 10.6 Å². The largest absolute Gasteiger partial charge is 0.416 e. The average Bonchev–Trinajstić information content (AvgIpc) is 3.52. The van der Waals surface area contributed by atoms with Crippen LogP contribution in [0.1, 0.15) is 61.8 Å². The maximum absolute atomic E-state index is 13.2. The molecule has 210 valence electrons. The molecular formula is C24H30F6N6O2. The van der Waals surface area contributed by atoms with E-state index in [-0.39, 0.29) is 41.6 Å². The maximum Gasteiger partial charge on any atom is 0.416 e. The average molecular weight is 549 g/mol. The van der Waals surface area contributed by atoms with Gasteiger partial charge in [-0.15, -0.1) is 5.10 Å². The third kappa shape index (κ3) is 6.82. The molecule has 1 aromatic carbocycles. The zero-order valence-electron chi connectivity index (χ0n) is 20.7. The highest BCUT2D eigenvalue weighted by Gasteiger charge is 2.41. The van der Waals surface area contributed by atoms with Crippen molar-refractivity contribution < 1.29 is 35.9 Å². The standard InChI is InChI=1S/C24H30F6N6O2/c1-2-3-15-8-18(33-20-4-5-38-12-21(20)36-13-32-34-35-36)10-19(15)22(37)31-11-14-6-16(23(25,26)27)9-17(7-14)24(28,29)30/h6-7,9,13,15,18-21,33H,2-5,8,10-12H2,1H3,(H,31,37)/t15?,18-,19-,20?,21?/m1/s1. The molecule has 2 aliphatic rings. The minimum atomic E-state index is -4.94. The van der Waals surface area contributed by atoms with E-state index in [0.29, 0.717) is 31.8 Å². The van der Waals surface area contributed by atoms with Crippen LogP contribution in [-0.2, 0) is 28.4 Å². The summed E-state index contributed by atoms with van der Waals surface area (Å²) in [5, 5.41) is 17.6. The lowest BCUT2D eigenvalue weighted by Gasteiger charge is -2.33. The number of amides is 1. The molecule has 0 bridgehead atoms. The summed E-state index contributed by atoms with van der Waals surface area (Å²) in [6, 6.07) is 1.28. The zero-order chi connectivity index (χ0) is 27.5. The number of nitrogens with one attached hydrogen (secondary N) is 2. The van der Waals surface area contributed by atoms with Crippen LogP contribution in [0, 0.1) is 11.8 Å². The first kappa shape index (κ1) is 28.3. The highest BCUT2D eigenvalue weighted by molar-refractivity contribution is 5.79. The number of aromatic nitrogens is 4. The van der Waals surface area contributed by atoms with E-state index in [9.17, 15) is 31.1 Å². The Hall–Kier alpha value is -2.74. The van der Waals surface area contributed by atoms with E-state index in [1.165, 1.54) is 6.33 Å². The van der Waals surface area contributed by atoms with Crippen molar-refractivity contribution in [3.63, 3.8) is 0 Å². The van der Waals surface area contributed by atoms with Crippen LogP contribution in [0.5, 0.6) is 0 Å². The predicted molar refractivity (Wildman–Crippen MR) is 122 cm³/mol. The molecule has 1 amide bonds. The Morgan fingerprint density at radius 1 is 1.11 bits per heavy atom. The van der Waals surface area contributed by atoms with E-state index < -0.39 is 35.9 Å². The molecule has 1 aliphatic carbocycles. The van der Waals surface area contributed by atoms with Gasteiger partial charge in [0, 0.05) is 31.2 Å². The quantitative estimate of drug-likeness (QED) is 0.482. The fraction of sp³-hybridized carbons (Fsp3) is 0.667. The van der Waals surface area contributed by atoms with E-state index in [0.717, 1.165) is 25.7 Å². The number of halogens is 6. The van der Waals surface area contributed by atoms with Gasteiger partial charge in [0.15, 0.2) is 0 Å². The summed E-state index contributed by atoms with van der Waals surface area (Å²) in [5.41, 5.74) is -3.06. The third-order valence-corrected chi connectivity index (χ3v) is 7.29. The summed E-state index contributed by atoms with van der Waals surface area (Å²) in [6.07, 6.45) is -4.78. The first-order chi connectivity index (χ1) is 18.0. The maximum atomic E-state index is 13.2. The molecule has 1 aliphatic heterocycles. The Morgan fingerprint density at radius 2 is 1.82 bits per heavy atom. The van der Waals surface area contributed by atoms with Crippen molar-refractivity contribution >= 4 is 5.91 Å². The van der Waals surface area contributed by atoms with E-state index in [1.54, 1.807) is 4.68 Å². The molecule has 1 saturated heterocycles. The number of carbonyl (C=O) groups excluding carboxylic acids is 1. The Balaban J connectivity index is 1.43. The number of benzene rings is 1. The van der Waals surface area contributed by atoms with Gasteiger partial charge in [-0.3, -0.25) is 4.79 Å². The normalized spacial score (nSPS) is 26.4. The van der Waals surface area contributed by atoms with Gasteiger partial charge >= 0.3 is 12.4 Å². The fourth-order valence-corrected chi connectivity index (χ4v) is 5.51. The van der Waals surface area contributed by atoms with Crippen molar-refractivity contribution in [2.75, 3.05) is 13.2 Å². The van der Waals surface area contributed by atoms with Gasteiger partial charge in [0.1, 0.15) is 6.33 Å². The van der Waals surface area contributed by atoms with Crippen molar-refractivity contribution in [2.45, 2.75) is 76.1 Å². The molecular weight excluding hydrogens is 518 g/mol. The number of hydrogen-bond donors (Lipinski definition) is 2. The lowest BCUT2D eigenvalue weighted by Crippen LogP contribution is -2.47. The van der Waals surface area contributed by atoms with Gasteiger partial charge in [0.25, 0.3) is 0 Å². The summed E-state index contributed by atoms with van der Waals surface area (Å²) >= 11 is 0. The Morgan fingerprint density at radius 3 is 2.42 bits per heavy atom. The Bertz CT molecular complexity index is 1050. The second-order valence-electron chi connectivity index (χ2n) is 9.95.